The van der Waals surface area contributed by atoms with Crippen LogP contribution < -0.4 is 10.1 Å². The van der Waals surface area contributed by atoms with Crippen LogP contribution in [0.1, 0.15) is 12.5 Å². The summed E-state index contributed by atoms with van der Waals surface area (Å²) < 4.78 is 5.77. The standard InChI is InChI=1S/C15H24N2O/c1-4-9-17(5-2)10-11-18-15-8-6-7-14(12-15)13-16-3/h4,6-8,12,16H,1,5,9-11,13H2,2-3H3. The van der Waals surface area contributed by atoms with Crippen LogP contribution >= 0.6 is 0 Å². The average Bonchev–Trinajstić information content (AvgIpc) is 2.38. The third-order valence-electron chi connectivity index (χ3n) is 2.79. The molecule has 0 aliphatic heterocycles. The zero-order chi connectivity index (χ0) is 13.2. The fraction of sp³-hybridized carbons (Fsp3) is 0.467. The van der Waals surface area contributed by atoms with Crippen LogP contribution in [-0.2, 0) is 6.54 Å². The van der Waals surface area contributed by atoms with E-state index in [1.807, 2.05) is 25.3 Å². The first-order valence-corrected chi connectivity index (χ1v) is 6.49. The van der Waals surface area contributed by atoms with Gasteiger partial charge in [-0.15, -0.1) is 6.58 Å². The van der Waals surface area contributed by atoms with Gasteiger partial charge in [-0.3, -0.25) is 4.90 Å². The van der Waals surface area contributed by atoms with Crippen molar-refractivity contribution >= 4 is 0 Å². The van der Waals surface area contributed by atoms with Crippen LogP contribution in [0, 0.1) is 0 Å². The Bertz CT molecular complexity index is 352. The van der Waals surface area contributed by atoms with E-state index in [0.29, 0.717) is 6.61 Å². The van der Waals surface area contributed by atoms with Gasteiger partial charge in [-0.25, -0.2) is 0 Å². The number of rotatable bonds is 9. The smallest absolute Gasteiger partial charge is 0.119 e. The Morgan fingerprint density at radius 2 is 2.28 bits per heavy atom. The van der Waals surface area contributed by atoms with Crippen molar-refractivity contribution in [1.82, 2.24) is 10.2 Å². The number of nitrogens with one attached hydrogen (secondary N) is 1. The number of hydrogen-bond donors (Lipinski definition) is 1. The third-order valence-corrected chi connectivity index (χ3v) is 2.79. The Labute approximate surface area is 110 Å². The maximum absolute atomic E-state index is 5.77. The molecule has 1 N–H and O–H groups in total. The number of likely N-dealkylation sites (N-methyl/N-ethyl adjacent to an activating group) is 1. The van der Waals surface area contributed by atoms with E-state index >= 15 is 0 Å². The minimum Gasteiger partial charge on any atom is -0.492 e. The lowest BCUT2D eigenvalue weighted by Gasteiger charge is -2.18. The maximum atomic E-state index is 5.77. The first kappa shape index (κ1) is 14.7. The van der Waals surface area contributed by atoms with Gasteiger partial charge in [0, 0.05) is 19.6 Å². The summed E-state index contributed by atoms with van der Waals surface area (Å²) in [5.74, 6) is 0.942. The number of ether oxygens (including phenoxy) is 1. The van der Waals surface area contributed by atoms with Gasteiger partial charge in [-0.05, 0) is 31.3 Å². The molecule has 3 heteroatoms. The van der Waals surface area contributed by atoms with Crippen molar-refractivity contribution in [2.75, 3.05) is 33.3 Å². The van der Waals surface area contributed by atoms with E-state index in [1.165, 1.54) is 5.56 Å². The molecule has 1 aromatic carbocycles. The number of hydrogen-bond acceptors (Lipinski definition) is 3. The minimum atomic E-state index is 0.713. The maximum Gasteiger partial charge on any atom is 0.119 e. The molecule has 0 spiro atoms. The van der Waals surface area contributed by atoms with Gasteiger partial charge in [0.2, 0.25) is 0 Å². The van der Waals surface area contributed by atoms with Crippen LogP contribution in [0.25, 0.3) is 0 Å². The van der Waals surface area contributed by atoms with E-state index in [0.717, 1.165) is 31.9 Å². The van der Waals surface area contributed by atoms with E-state index in [2.05, 4.69) is 35.9 Å². The predicted octanol–water partition coefficient (Wildman–Crippen LogP) is 2.29. The topological polar surface area (TPSA) is 24.5 Å². The van der Waals surface area contributed by atoms with E-state index < -0.39 is 0 Å². The molecule has 100 valence electrons. The van der Waals surface area contributed by atoms with Crippen molar-refractivity contribution in [2.45, 2.75) is 13.5 Å². The fourth-order valence-corrected chi connectivity index (χ4v) is 1.80. The monoisotopic (exact) mass is 248 g/mol. The Morgan fingerprint density at radius 3 is 2.94 bits per heavy atom. The molecular weight excluding hydrogens is 224 g/mol. The van der Waals surface area contributed by atoms with Gasteiger partial charge in [0.25, 0.3) is 0 Å². The zero-order valence-corrected chi connectivity index (χ0v) is 11.5. The molecule has 0 bridgehead atoms. The highest BCUT2D eigenvalue weighted by Gasteiger charge is 2.01. The van der Waals surface area contributed by atoms with Gasteiger partial charge >= 0.3 is 0 Å². The van der Waals surface area contributed by atoms with E-state index in [9.17, 15) is 0 Å². The lowest BCUT2D eigenvalue weighted by Crippen LogP contribution is -2.28. The Kier molecular flexibility index (Phi) is 7.14. The van der Waals surface area contributed by atoms with Crippen LogP contribution in [0.5, 0.6) is 5.75 Å². The fourth-order valence-electron chi connectivity index (χ4n) is 1.80. The normalized spacial score (nSPS) is 10.6. The number of benzene rings is 1. The molecule has 0 saturated carbocycles. The molecule has 0 unspecified atom stereocenters. The third kappa shape index (κ3) is 5.34. The van der Waals surface area contributed by atoms with Crippen molar-refractivity contribution in [3.05, 3.63) is 42.5 Å². The Balaban J connectivity index is 2.38. The number of nitrogens with zero attached hydrogens (tertiary/aromatic N) is 1. The lowest BCUT2D eigenvalue weighted by molar-refractivity contribution is 0.229. The molecule has 0 aliphatic rings. The average molecular weight is 248 g/mol. The summed E-state index contributed by atoms with van der Waals surface area (Å²) in [6.07, 6.45) is 1.93. The summed E-state index contributed by atoms with van der Waals surface area (Å²) in [7, 11) is 1.95. The van der Waals surface area contributed by atoms with Gasteiger partial charge in [0.15, 0.2) is 0 Å². The summed E-state index contributed by atoms with van der Waals surface area (Å²) >= 11 is 0. The highest BCUT2D eigenvalue weighted by atomic mass is 16.5. The van der Waals surface area contributed by atoms with Gasteiger partial charge in [0.1, 0.15) is 12.4 Å². The van der Waals surface area contributed by atoms with E-state index in [1.54, 1.807) is 0 Å². The van der Waals surface area contributed by atoms with E-state index in [4.69, 9.17) is 4.74 Å². The SMILES string of the molecule is C=CCN(CC)CCOc1cccc(CNC)c1. The molecule has 18 heavy (non-hydrogen) atoms. The second-order valence-electron chi connectivity index (χ2n) is 4.21. The molecule has 0 atom stereocenters. The van der Waals surface area contributed by atoms with E-state index in [-0.39, 0.29) is 0 Å². The van der Waals surface area contributed by atoms with Crippen LogP contribution in [-0.4, -0.2) is 38.2 Å². The molecule has 0 aromatic heterocycles. The van der Waals surface area contributed by atoms with Crippen LogP contribution in [0.2, 0.25) is 0 Å². The molecule has 0 aliphatic carbocycles. The molecule has 3 nitrogen and oxygen atoms in total. The zero-order valence-electron chi connectivity index (χ0n) is 11.5. The summed E-state index contributed by atoms with van der Waals surface area (Å²) in [4.78, 5) is 2.30. The molecule has 0 amide bonds. The summed E-state index contributed by atoms with van der Waals surface area (Å²) in [5, 5.41) is 3.14. The van der Waals surface area contributed by atoms with Crippen molar-refractivity contribution in [2.24, 2.45) is 0 Å². The minimum absolute atomic E-state index is 0.713. The molecule has 0 saturated heterocycles. The molecule has 0 radical (unpaired) electrons. The first-order chi connectivity index (χ1) is 8.80. The van der Waals surface area contributed by atoms with Gasteiger partial charge in [-0.1, -0.05) is 25.1 Å². The summed E-state index contributed by atoms with van der Waals surface area (Å²) in [6.45, 7) is 10.4. The van der Waals surface area contributed by atoms with Crippen molar-refractivity contribution in [3.63, 3.8) is 0 Å². The van der Waals surface area contributed by atoms with Crippen molar-refractivity contribution in [1.29, 1.82) is 0 Å². The van der Waals surface area contributed by atoms with Crippen LogP contribution in [0.3, 0.4) is 0 Å². The van der Waals surface area contributed by atoms with Crippen molar-refractivity contribution < 1.29 is 4.74 Å². The molecule has 1 aromatic rings. The second-order valence-corrected chi connectivity index (χ2v) is 4.21. The Morgan fingerprint density at radius 1 is 1.44 bits per heavy atom. The van der Waals surface area contributed by atoms with Crippen LogP contribution in [0.4, 0.5) is 0 Å². The van der Waals surface area contributed by atoms with Crippen molar-refractivity contribution in [3.8, 4) is 5.75 Å². The van der Waals surface area contributed by atoms with Crippen LogP contribution in [0.15, 0.2) is 36.9 Å². The summed E-state index contributed by atoms with van der Waals surface area (Å²) in [5.41, 5.74) is 1.24. The van der Waals surface area contributed by atoms with Gasteiger partial charge in [-0.2, -0.15) is 0 Å². The summed E-state index contributed by atoms with van der Waals surface area (Å²) in [6, 6.07) is 8.21. The quantitative estimate of drug-likeness (QED) is 0.679. The molecule has 0 heterocycles. The highest BCUT2D eigenvalue weighted by Crippen LogP contribution is 2.13. The first-order valence-electron chi connectivity index (χ1n) is 6.49. The molecule has 0 fully saturated rings. The second kappa shape index (κ2) is 8.72. The largest absolute Gasteiger partial charge is 0.492 e. The Hall–Kier alpha value is -1.32. The highest BCUT2D eigenvalue weighted by molar-refractivity contribution is 5.28. The molecular formula is C15H24N2O. The van der Waals surface area contributed by atoms with Gasteiger partial charge < -0.3 is 10.1 Å². The lowest BCUT2D eigenvalue weighted by atomic mass is 10.2. The predicted molar refractivity (Wildman–Crippen MR) is 77.0 cm³/mol. The van der Waals surface area contributed by atoms with Gasteiger partial charge in [0.05, 0.1) is 0 Å². The molecule has 1 rings (SSSR count).